The first-order chi connectivity index (χ1) is 10.9. The molecule has 2 rings (SSSR count). The maximum atomic E-state index is 11.9. The number of carbonyl (C=O) groups excluding carboxylic acids is 1. The van der Waals surface area contributed by atoms with E-state index in [2.05, 4.69) is 0 Å². The fourth-order valence-corrected chi connectivity index (χ4v) is 2.40. The van der Waals surface area contributed by atoms with E-state index in [0.29, 0.717) is 16.7 Å². The van der Waals surface area contributed by atoms with Gasteiger partial charge in [-0.05, 0) is 31.0 Å². The monoisotopic (exact) mass is 333 g/mol. The number of hydrogen-bond acceptors (Lipinski definition) is 4. The zero-order chi connectivity index (χ0) is 17.0. The van der Waals surface area contributed by atoms with Crippen LogP contribution in [0.25, 0.3) is 11.1 Å². The van der Waals surface area contributed by atoms with Gasteiger partial charge in [-0.3, -0.25) is 10.1 Å². The standard InChI is InChI=1S/C17H16ClNO4/c1-3-23-16(20)17(2,18)13-10-8-12(9-11-13)14-6-4-5-7-15(14)19(21)22/h4-11H,3H2,1-2H3. The van der Waals surface area contributed by atoms with Gasteiger partial charge in [0.25, 0.3) is 5.69 Å². The minimum absolute atomic E-state index is 0.0271. The van der Waals surface area contributed by atoms with Crippen molar-refractivity contribution in [2.24, 2.45) is 0 Å². The number of nitro groups is 1. The molecule has 0 heterocycles. The van der Waals surface area contributed by atoms with Gasteiger partial charge < -0.3 is 4.74 Å². The molecule has 0 N–H and O–H groups in total. The summed E-state index contributed by atoms with van der Waals surface area (Å²) >= 11 is 6.29. The van der Waals surface area contributed by atoms with E-state index in [0.717, 1.165) is 0 Å². The quantitative estimate of drug-likeness (QED) is 0.354. The molecule has 0 radical (unpaired) electrons. The highest BCUT2D eigenvalue weighted by Crippen LogP contribution is 2.34. The number of para-hydroxylation sites is 1. The van der Waals surface area contributed by atoms with Crippen LogP contribution in [0.5, 0.6) is 0 Å². The summed E-state index contributed by atoms with van der Waals surface area (Å²) in [6, 6.07) is 13.3. The summed E-state index contributed by atoms with van der Waals surface area (Å²) in [5.41, 5.74) is 1.79. The number of carbonyl (C=O) groups is 1. The summed E-state index contributed by atoms with van der Waals surface area (Å²) in [7, 11) is 0. The fraction of sp³-hybridized carbons (Fsp3) is 0.235. The van der Waals surface area contributed by atoms with Crippen molar-refractivity contribution in [3.8, 4) is 11.1 Å². The number of ether oxygens (including phenoxy) is 1. The molecule has 0 aliphatic heterocycles. The summed E-state index contributed by atoms with van der Waals surface area (Å²) in [5.74, 6) is -0.528. The van der Waals surface area contributed by atoms with Gasteiger partial charge in [-0.15, -0.1) is 11.6 Å². The molecule has 0 bridgehead atoms. The second-order valence-electron chi connectivity index (χ2n) is 5.08. The summed E-state index contributed by atoms with van der Waals surface area (Å²) in [4.78, 5) is 21.3. The Morgan fingerprint density at radius 1 is 1.22 bits per heavy atom. The highest BCUT2D eigenvalue weighted by atomic mass is 35.5. The molecular formula is C17H16ClNO4. The van der Waals surface area contributed by atoms with E-state index in [1.165, 1.54) is 6.07 Å². The molecule has 0 spiro atoms. The van der Waals surface area contributed by atoms with Gasteiger partial charge in [-0.2, -0.15) is 0 Å². The van der Waals surface area contributed by atoms with Crippen LogP contribution >= 0.6 is 11.6 Å². The van der Waals surface area contributed by atoms with Gasteiger partial charge in [0.05, 0.1) is 17.1 Å². The van der Waals surface area contributed by atoms with E-state index >= 15 is 0 Å². The van der Waals surface area contributed by atoms with Gasteiger partial charge in [0.15, 0.2) is 4.87 Å². The second kappa shape index (κ2) is 6.79. The third-order valence-corrected chi connectivity index (χ3v) is 3.87. The average molecular weight is 334 g/mol. The van der Waals surface area contributed by atoms with Crippen molar-refractivity contribution in [2.75, 3.05) is 6.61 Å². The van der Waals surface area contributed by atoms with E-state index < -0.39 is 15.8 Å². The van der Waals surface area contributed by atoms with Gasteiger partial charge in [-0.1, -0.05) is 36.4 Å². The lowest BCUT2D eigenvalue weighted by molar-refractivity contribution is -0.384. The Morgan fingerprint density at radius 3 is 2.39 bits per heavy atom. The minimum atomic E-state index is -1.29. The minimum Gasteiger partial charge on any atom is -0.464 e. The number of nitro benzene ring substituents is 1. The van der Waals surface area contributed by atoms with Gasteiger partial charge in [0.2, 0.25) is 0 Å². The van der Waals surface area contributed by atoms with Crippen molar-refractivity contribution in [3.05, 3.63) is 64.2 Å². The molecule has 0 saturated carbocycles. The van der Waals surface area contributed by atoms with Crippen LogP contribution in [-0.4, -0.2) is 17.5 Å². The van der Waals surface area contributed by atoms with E-state index in [1.807, 2.05) is 0 Å². The molecule has 2 aromatic carbocycles. The van der Waals surface area contributed by atoms with Crippen molar-refractivity contribution in [2.45, 2.75) is 18.7 Å². The van der Waals surface area contributed by atoms with E-state index in [-0.39, 0.29) is 12.3 Å². The van der Waals surface area contributed by atoms with E-state index in [1.54, 1.807) is 56.3 Å². The molecular weight excluding hydrogens is 318 g/mol. The molecule has 5 nitrogen and oxygen atoms in total. The number of alkyl halides is 1. The maximum Gasteiger partial charge on any atom is 0.331 e. The number of esters is 1. The Balaban J connectivity index is 2.37. The Bertz CT molecular complexity index is 726. The van der Waals surface area contributed by atoms with E-state index in [4.69, 9.17) is 16.3 Å². The topological polar surface area (TPSA) is 69.4 Å². The summed E-state index contributed by atoms with van der Waals surface area (Å²) in [6.07, 6.45) is 0. The number of hydrogen-bond donors (Lipinski definition) is 0. The molecule has 120 valence electrons. The first-order valence-corrected chi connectivity index (χ1v) is 7.46. The van der Waals surface area contributed by atoms with Crippen LogP contribution < -0.4 is 0 Å². The van der Waals surface area contributed by atoms with Gasteiger partial charge >= 0.3 is 5.97 Å². The van der Waals surface area contributed by atoms with Crippen LogP contribution in [-0.2, 0) is 14.4 Å². The van der Waals surface area contributed by atoms with Crippen LogP contribution in [0.2, 0.25) is 0 Å². The van der Waals surface area contributed by atoms with Gasteiger partial charge in [-0.25, -0.2) is 4.79 Å². The second-order valence-corrected chi connectivity index (χ2v) is 5.83. The zero-order valence-electron chi connectivity index (χ0n) is 12.8. The van der Waals surface area contributed by atoms with Crippen molar-refractivity contribution < 1.29 is 14.5 Å². The van der Waals surface area contributed by atoms with Crippen LogP contribution in [0.3, 0.4) is 0 Å². The molecule has 2 aromatic rings. The molecule has 0 fully saturated rings. The van der Waals surface area contributed by atoms with Crippen LogP contribution in [0, 0.1) is 10.1 Å². The first-order valence-electron chi connectivity index (χ1n) is 7.08. The average Bonchev–Trinajstić information content (AvgIpc) is 2.55. The third-order valence-electron chi connectivity index (χ3n) is 3.50. The zero-order valence-corrected chi connectivity index (χ0v) is 13.5. The number of benzene rings is 2. The van der Waals surface area contributed by atoms with Crippen molar-refractivity contribution >= 4 is 23.3 Å². The van der Waals surface area contributed by atoms with Crippen molar-refractivity contribution in [1.29, 1.82) is 0 Å². The highest BCUT2D eigenvalue weighted by molar-refractivity contribution is 6.33. The SMILES string of the molecule is CCOC(=O)C(C)(Cl)c1ccc(-c2ccccc2[N+](=O)[O-])cc1. The first kappa shape index (κ1) is 17.0. The largest absolute Gasteiger partial charge is 0.464 e. The van der Waals surface area contributed by atoms with Gasteiger partial charge in [0, 0.05) is 6.07 Å². The van der Waals surface area contributed by atoms with Crippen molar-refractivity contribution in [3.63, 3.8) is 0 Å². The molecule has 0 aromatic heterocycles. The molecule has 6 heteroatoms. The van der Waals surface area contributed by atoms with E-state index in [9.17, 15) is 14.9 Å². The Labute approximate surface area is 139 Å². The number of nitrogens with zero attached hydrogens (tertiary/aromatic N) is 1. The number of halogens is 1. The van der Waals surface area contributed by atoms with Crippen LogP contribution in [0.4, 0.5) is 5.69 Å². The lowest BCUT2D eigenvalue weighted by atomic mass is 9.96. The summed E-state index contributed by atoms with van der Waals surface area (Å²) in [5, 5.41) is 11.1. The van der Waals surface area contributed by atoms with Crippen LogP contribution in [0.1, 0.15) is 19.4 Å². The predicted molar refractivity (Wildman–Crippen MR) is 88.4 cm³/mol. The fourth-order valence-electron chi connectivity index (χ4n) is 2.22. The highest BCUT2D eigenvalue weighted by Gasteiger charge is 2.34. The molecule has 0 saturated heterocycles. The molecule has 1 atom stereocenters. The third kappa shape index (κ3) is 3.51. The number of rotatable bonds is 5. The Hall–Kier alpha value is -2.40. The molecule has 0 amide bonds. The molecule has 1 unspecified atom stereocenters. The molecule has 0 aliphatic rings. The smallest absolute Gasteiger partial charge is 0.331 e. The lowest BCUT2D eigenvalue weighted by Gasteiger charge is -2.20. The summed E-state index contributed by atoms with van der Waals surface area (Å²) in [6.45, 7) is 3.52. The Kier molecular flexibility index (Phi) is 5.01. The molecule has 23 heavy (non-hydrogen) atoms. The van der Waals surface area contributed by atoms with Gasteiger partial charge in [0.1, 0.15) is 0 Å². The Morgan fingerprint density at radius 2 is 1.83 bits per heavy atom. The summed E-state index contributed by atoms with van der Waals surface area (Å²) < 4.78 is 4.97. The lowest BCUT2D eigenvalue weighted by Crippen LogP contribution is -2.28. The normalized spacial score (nSPS) is 13.2. The predicted octanol–water partition coefficient (Wildman–Crippen LogP) is 4.28. The van der Waals surface area contributed by atoms with Crippen molar-refractivity contribution in [1.82, 2.24) is 0 Å². The maximum absolute atomic E-state index is 11.9. The molecule has 0 aliphatic carbocycles. The van der Waals surface area contributed by atoms with Crippen LogP contribution in [0.15, 0.2) is 48.5 Å².